The SMILES string of the molecule is C=CCOc1cc(C)c2c(c1C)[C@H](O)C([C@H](C)C(=O)N1CCN(C)CC1)CC2. The van der Waals surface area contributed by atoms with Gasteiger partial charge in [0.1, 0.15) is 12.4 Å². The van der Waals surface area contributed by atoms with Crippen molar-refractivity contribution in [2.45, 2.75) is 39.7 Å². The average Bonchev–Trinajstić information content (AvgIpc) is 2.69. The molecule has 5 nitrogen and oxygen atoms in total. The predicted octanol–water partition coefficient (Wildman–Crippen LogP) is 2.87. The van der Waals surface area contributed by atoms with Crippen LogP contribution < -0.4 is 4.74 Å². The van der Waals surface area contributed by atoms with Gasteiger partial charge in [0.25, 0.3) is 0 Å². The van der Waals surface area contributed by atoms with Gasteiger partial charge in [0, 0.05) is 38.0 Å². The van der Waals surface area contributed by atoms with E-state index in [1.165, 1.54) is 5.56 Å². The van der Waals surface area contributed by atoms with Gasteiger partial charge in [-0.25, -0.2) is 0 Å². The number of aryl methyl sites for hydroxylation is 1. The van der Waals surface area contributed by atoms with E-state index >= 15 is 0 Å². The molecule has 0 saturated carbocycles. The molecule has 1 amide bonds. The number of amides is 1. The Balaban J connectivity index is 1.83. The lowest BCUT2D eigenvalue weighted by Crippen LogP contribution is -2.50. The first-order chi connectivity index (χ1) is 13.3. The largest absolute Gasteiger partial charge is 0.489 e. The standard InChI is InChI=1S/C23H34N2O3/c1-6-13-28-20-14-15(2)18-7-8-19(22(26)21(18)17(20)4)16(3)23(27)25-11-9-24(5)10-12-25/h6,14,16,19,22,26H,1,7-13H2,2-5H3/t16-,19?,22+/m0/s1. The van der Waals surface area contributed by atoms with Crippen molar-refractivity contribution in [3.05, 3.63) is 41.0 Å². The fourth-order valence-electron chi connectivity index (χ4n) is 4.70. The minimum absolute atomic E-state index is 0.0626. The van der Waals surface area contributed by atoms with E-state index in [4.69, 9.17) is 4.74 Å². The van der Waals surface area contributed by atoms with Gasteiger partial charge in [-0.2, -0.15) is 0 Å². The van der Waals surface area contributed by atoms with Gasteiger partial charge in [0.15, 0.2) is 0 Å². The van der Waals surface area contributed by atoms with Gasteiger partial charge in [-0.05, 0) is 62.1 Å². The quantitative estimate of drug-likeness (QED) is 0.791. The molecule has 1 aromatic rings. The molecule has 0 spiro atoms. The van der Waals surface area contributed by atoms with Crippen molar-refractivity contribution in [3.8, 4) is 5.75 Å². The normalized spacial score (nSPS) is 23.8. The number of aliphatic hydroxyl groups excluding tert-OH is 1. The molecular formula is C23H34N2O3. The van der Waals surface area contributed by atoms with Gasteiger partial charge in [-0.3, -0.25) is 4.79 Å². The number of piperazine rings is 1. The van der Waals surface area contributed by atoms with E-state index in [-0.39, 0.29) is 17.7 Å². The molecule has 154 valence electrons. The molecule has 1 N–H and O–H groups in total. The third kappa shape index (κ3) is 3.96. The fraction of sp³-hybridized carbons (Fsp3) is 0.609. The zero-order valence-corrected chi connectivity index (χ0v) is 17.7. The summed E-state index contributed by atoms with van der Waals surface area (Å²) >= 11 is 0. The lowest BCUT2D eigenvalue weighted by molar-refractivity contribution is -0.140. The van der Waals surface area contributed by atoms with Crippen LogP contribution in [0.4, 0.5) is 0 Å². The van der Waals surface area contributed by atoms with Gasteiger partial charge < -0.3 is 19.6 Å². The zero-order chi connectivity index (χ0) is 20.4. The molecule has 1 fully saturated rings. The van der Waals surface area contributed by atoms with Crippen molar-refractivity contribution < 1.29 is 14.6 Å². The second kappa shape index (κ2) is 8.66. The number of carbonyl (C=O) groups is 1. The second-order valence-corrected chi connectivity index (χ2v) is 8.37. The average molecular weight is 387 g/mol. The maximum atomic E-state index is 13.1. The number of hydrogen-bond donors (Lipinski definition) is 1. The molecule has 28 heavy (non-hydrogen) atoms. The number of rotatable bonds is 5. The van der Waals surface area contributed by atoms with Crippen LogP contribution in [0, 0.1) is 25.7 Å². The monoisotopic (exact) mass is 386 g/mol. The number of likely N-dealkylation sites (N-methyl/N-ethyl adjacent to an activating group) is 1. The number of carbonyl (C=O) groups excluding carboxylic acids is 1. The molecule has 3 atom stereocenters. The molecule has 0 bridgehead atoms. The predicted molar refractivity (Wildman–Crippen MR) is 112 cm³/mol. The van der Waals surface area contributed by atoms with E-state index in [1.54, 1.807) is 6.08 Å². The summed E-state index contributed by atoms with van der Waals surface area (Å²) in [5.74, 6) is 0.722. The van der Waals surface area contributed by atoms with E-state index < -0.39 is 6.10 Å². The number of aliphatic hydroxyl groups is 1. The van der Waals surface area contributed by atoms with Crippen LogP contribution in [0.5, 0.6) is 5.75 Å². The van der Waals surface area contributed by atoms with Crippen molar-refractivity contribution in [2.75, 3.05) is 39.8 Å². The maximum absolute atomic E-state index is 13.1. The van der Waals surface area contributed by atoms with Crippen LogP contribution in [0.15, 0.2) is 18.7 Å². The Labute approximate surface area is 169 Å². The molecule has 0 aromatic heterocycles. The Bertz CT molecular complexity index is 738. The van der Waals surface area contributed by atoms with Crippen molar-refractivity contribution in [1.82, 2.24) is 9.80 Å². The Kier molecular flexibility index (Phi) is 6.46. The Morgan fingerprint density at radius 3 is 2.68 bits per heavy atom. The summed E-state index contributed by atoms with van der Waals surface area (Å²) in [6.07, 6.45) is 2.82. The van der Waals surface area contributed by atoms with Crippen molar-refractivity contribution >= 4 is 5.91 Å². The minimum Gasteiger partial charge on any atom is -0.489 e. The number of fused-ring (bicyclic) bond motifs is 1. The Morgan fingerprint density at radius 2 is 2.04 bits per heavy atom. The molecule has 1 heterocycles. The fourth-order valence-corrected chi connectivity index (χ4v) is 4.70. The van der Waals surface area contributed by atoms with Crippen LogP contribution in [-0.4, -0.2) is 60.6 Å². The molecule has 0 radical (unpaired) electrons. The maximum Gasteiger partial charge on any atom is 0.225 e. The van der Waals surface area contributed by atoms with Gasteiger partial charge in [-0.1, -0.05) is 19.6 Å². The molecule has 2 aliphatic rings. The topological polar surface area (TPSA) is 53.0 Å². The van der Waals surface area contributed by atoms with E-state index in [1.807, 2.05) is 18.7 Å². The van der Waals surface area contributed by atoms with Crippen LogP contribution in [0.3, 0.4) is 0 Å². The summed E-state index contributed by atoms with van der Waals surface area (Å²) in [5.41, 5.74) is 4.31. The summed E-state index contributed by atoms with van der Waals surface area (Å²) in [7, 11) is 2.09. The van der Waals surface area contributed by atoms with E-state index in [0.29, 0.717) is 6.61 Å². The van der Waals surface area contributed by atoms with Gasteiger partial charge in [-0.15, -0.1) is 0 Å². The molecular weight excluding hydrogens is 352 g/mol. The summed E-state index contributed by atoms with van der Waals surface area (Å²) in [6, 6.07) is 2.06. The lowest BCUT2D eigenvalue weighted by Gasteiger charge is -2.39. The lowest BCUT2D eigenvalue weighted by atomic mass is 9.72. The Hall–Kier alpha value is -1.85. The molecule has 1 aliphatic carbocycles. The number of ether oxygens (including phenoxy) is 1. The molecule has 1 unspecified atom stereocenters. The highest BCUT2D eigenvalue weighted by Gasteiger charge is 2.38. The smallest absolute Gasteiger partial charge is 0.225 e. The van der Waals surface area contributed by atoms with E-state index in [9.17, 15) is 9.90 Å². The van der Waals surface area contributed by atoms with Crippen LogP contribution in [0.1, 0.15) is 41.7 Å². The van der Waals surface area contributed by atoms with Gasteiger partial charge in [0.05, 0.1) is 6.10 Å². The van der Waals surface area contributed by atoms with Crippen molar-refractivity contribution in [3.63, 3.8) is 0 Å². The summed E-state index contributed by atoms with van der Waals surface area (Å²) in [5, 5.41) is 11.3. The second-order valence-electron chi connectivity index (χ2n) is 8.37. The minimum atomic E-state index is -0.638. The highest BCUT2D eigenvalue weighted by molar-refractivity contribution is 5.79. The summed E-state index contributed by atoms with van der Waals surface area (Å²) in [4.78, 5) is 17.3. The molecule has 5 heteroatoms. The third-order valence-corrected chi connectivity index (χ3v) is 6.55. The number of nitrogens with zero attached hydrogens (tertiary/aromatic N) is 2. The van der Waals surface area contributed by atoms with E-state index in [2.05, 4.69) is 31.5 Å². The summed E-state index contributed by atoms with van der Waals surface area (Å²) in [6.45, 7) is 13.6. The highest BCUT2D eigenvalue weighted by atomic mass is 16.5. The van der Waals surface area contributed by atoms with Gasteiger partial charge >= 0.3 is 0 Å². The molecule has 1 aromatic carbocycles. The first kappa shape index (κ1) is 20.9. The summed E-state index contributed by atoms with van der Waals surface area (Å²) < 4.78 is 5.82. The van der Waals surface area contributed by atoms with Crippen LogP contribution in [-0.2, 0) is 11.2 Å². The van der Waals surface area contributed by atoms with Crippen LogP contribution in [0.25, 0.3) is 0 Å². The van der Waals surface area contributed by atoms with Crippen molar-refractivity contribution in [1.29, 1.82) is 0 Å². The number of benzene rings is 1. The first-order valence-electron chi connectivity index (χ1n) is 10.4. The van der Waals surface area contributed by atoms with Crippen LogP contribution in [0.2, 0.25) is 0 Å². The first-order valence-corrected chi connectivity index (χ1v) is 10.4. The Morgan fingerprint density at radius 1 is 1.36 bits per heavy atom. The van der Waals surface area contributed by atoms with Gasteiger partial charge in [0.2, 0.25) is 5.91 Å². The number of hydrogen-bond acceptors (Lipinski definition) is 4. The molecule has 3 rings (SSSR count). The van der Waals surface area contributed by atoms with E-state index in [0.717, 1.165) is 61.5 Å². The highest BCUT2D eigenvalue weighted by Crippen LogP contribution is 2.44. The molecule has 1 saturated heterocycles. The molecule has 1 aliphatic heterocycles. The van der Waals surface area contributed by atoms with Crippen molar-refractivity contribution in [2.24, 2.45) is 11.8 Å². The zero-order valence-electron chi connectivity index (χ0n) is 17.7. The third-order valence-electron chi connectivity index (χ3n) is 6.55. The van der Waals surface area contributed by atoms with Crippen LogP contribution >= 0.6 is 0 Å².